The first-order chi connectivity index (χ1) is 18.1. The molecule has 0 N–H and O–H groups in total. The molecule has 1 aromatic heterocycles. The van der Waals surface area contributed by atoms with Gasteiger partial charge in [0.2, 0.25) is 0 Å². The summed E-state index contributed by atoms with van der Waals surface area (Å²) in [6, 6.07) is 40.5. The number of benzene rings is 5. The molecule has 2 nitrogen and oxygen atoms in total. The monoisotopic (exact) mass is 474 g/mol. The Labute approximate surface area is 217 Å². The van der Waals surface area contributed by atoms with Crippen LogP contribution in [0.2, 0.25) is 0 Å². The van der Waals surface area contributed by atoms with E-state index in [4.69, 9.17) is 0 Å². The Hall–Kier alpha value is -4.24. The molecule has 8 rings (SSSR count). The van der Waals surface area contributed by atoms with Crippen LogP contribution in [0.4, 0.5) is 11.4 Å². The minimum Gasteiger partial charge on any atom is -0.376 e. The van der Waals surface area contributed by atoms with Gasteiger partial charge in [-0.15, -0.1) is 0 Å². The SMILES string of the molecule is CN1c2ccccc2B(n2c3ccccc3c3ccc4c(c32)C(C)(C)c2ccccc2-4)c2ccccc21. The predicted molar refractivity (Wildman–Crippen MR) is 158 cm³/mol. The smallest absolute Gasteiger partial charge is 0.332 e. The van der Waals surface area contributed by atoms with Gasteiger partial charge in [-0.3, -0.25) is 0 Å². The molecule has 5 aromatic carbocycles. The highest BCUT2D eigenvalue weighted by molar-refractivity contribution is 6.88. The van der Waals surface area contributed by atoms with Crippen molar-refractivity contribution in [3.63, 3.8) is 0 Å². The van der Waals surface area contributed by atoms with Crippen LogP contribution in [0, 0.1) is 0 Å². The van der Waals surface area contributed by atoms with E-state index in [9.17, 15) is 0 Å². The molecule has 0 saturated carbocycles. The number of aromatic nitrogens is 1. The third-order valence-corrected chi connectivity index (χ3v) is 8.83. The van der Waals surface area contributed by atoms with Crippen LogP contribution in [-0.4, -0.2) is 18.4 Å². The van der Waals surface area contributed by atoms with E-state index in [1.807, 2.05) is 0 Å². The average Bonchev–Trinajstić information content (AvgIpc) is 3.38. The van der Waals surface area contributed by atoms with Crippen LogP contribution in [0.3, 0.4) is 0 Å². The van der Waals surface area contributed by atoms with Gasteiger partial charge in [-0.05, 0) is 51.4 Å². The molecule has 0 amide bonds. The molecule has 0 saturated heterocycles. The van der Waals surface area contributed by atoms with E-state index in [1.54, 1.807) is 0 Å². The van der Waals surface area contributed by atoms with Gasteiger partial charge in [0, 0.05) is 45.6 Å². The molecule has 6 aromatic rings. The van der Waals surface area contributed by atoms with Crippen molar-refractivity contribution < 1.29 is 0 Å². The topological polar surface area (TPSA) is 8.17 Å². The lowest BCUT2D eigenvalue weighted by Gasteiger charge is -2.35. The summed E-state index contributed by atoms with van der Waals surface area (Å²) in [6.07, 6.45) is 0. The first-order valence-corrected chi connectivity index (χ1v) is 13.1. The molecule has 0 fully saturated rings. The Morgan fingerprint density at radius 1 is 0.595 bits per heavy atom. The van der Waals surface area contributed by atoms with E-state index in [-0.39, 0.29) is 12.3 Å². The molecule has 0 unspecified atom stereocenters. The van der Waals surface area contributed by atoms with E-state index >= 15 is 0 Å². The summed E-state index contributed by atoms with van der Waals surface area (Å²) in [7, 11) is 2.19. The molecule has 0 atom stereocenters. The highest BCUT2D eigenvalue weighted by Crippen LogP contribution is 2.52. The third-order valence-electron chi connectivity index (χ3n) is 8.83. The fraction of sp³-hybridized carbons (Fsp3) is 0.118. The molecule has 37 heavy (non-hydrogen) atoms. The fourth-order valence-electron chi connectivity index (χ4n) is 7.24. The molecule has 0 spiro atoms. The molecule has 2 aliphatic rings. The van der Waals surface area contributed by atoms with Gasteiger partial charge in [-0.1, -0.05) is 105 Å². The lowest BCUT2D eigenvalue weighted by atomic mass is 9.47. The van der Waals surface area contributed by atoms with E-state index in [0.717, 1.165) is 0 Å². The summed E-state index contributed by atoms with van der Waals surface area (Å²) in [5, 5.41) is 2.66. The van der Waals surface area contributed by atoms with Crippen LogP contribution in [0.25, 0.3) is 32.9 Å². The minimum absolute atomic E-state index is 0.0806. The zero-order chi connectivity index (χ0) is 24.9. The van der Waals surface area contributed by atoms with Crippen molar-refractivity contribution in [2.75, 3.05) is 11.9 Å². The molecule has 176 valence electrons. The maximum atomic E-state index is 2.65. The van der Waals surface area contributed by atoms with Crippen molar-refractivity contribution in [3.8, 4) is 11.1 Å². The van der Waals surface area contributed by atoms with Crippen LogP contribution < -0.4 is 15.8 Å². The van der Waals surface area contributed by atoms with Gasteiger partial charge in [0.15, 0.2) is 0 Å². The number of rotatable bonds is 1. The zero-order valence-electron chi connectivity index (χ0n) is 21.4. The Kier molecular flexibility index (Phi) is 4.05. The van der Waals surface area contributed by atoms with E-state index in [2.05, 4.69) is 139 Å². The molecule has 0 bridgehead atoms. The average molecular weight is 474 g/mol. The number of nitrogens with zero attached hydrogens (tertiary/aromatic N) is 2. The number of fused-ring (bicyclic) bond motifs is 9. The minimum atomic E-state index is -0.0952. The van der Waals surface area contributed by atoms with Crippen LogP contribution >= 0.6 is 0 Å². The number of anilines is 2. The second kappa shape index (κ2) is 7.17. The molecular weight excluding hydrogens is 447 g/mol. The van der Waals surface area contributed by atoms with Crippen LogP contribution in [0.15, 0.2) is 109 Å². The zero-order valence-corrected chi connectivity index (χ0v) is 21.4. The molecule has 1 aliphatic carbocycles. The van der Waals surface area contributed by atoms with Crippen LogP contribution in [0.1, 0.15) is 25.0 Å². The van der Waals surface area contributed by atoms with Gasteiger partial charge in [-0.2, -0.15) is 0 Å². The Morgan fingerprint density at radius 2 is 1.22 bits per heavy atom. The lowest BCUT2D eigenvalue weighted by molar-refractivity contribution is 0.664. The Balaban J connectivity index is 1.57. The van der Waals surface area contributed by atoms with E-state index < -0.39 is 0 Å². The standard InChI is InChI=1S/C34H27BN2/c1-34(2)26-14-6-4-12-22(26)24-20-21-25-23-13-5-9-17-29(23)37(33(25)32(24)34)35-27-15-7-10-18-30(27)36(3)31-19-11-8-16-28(31)35/h4-21H,1-3H3. The number of hydrogen-bond acceptors (Lipinski definition) is 1. The van der Waals surface area contributed by atoms with Gasteiger partial charge in [0.25, 0.3) is 0 Å². The maximum Gasteiger partial charge on any atom is 0.332 e. The lowest BCUT2D eigenvalue weighted by Crippen LogP contribution is -2.54. The van der Waals surface area contributed by atoms with Crippen LogP contribution in [-0.2, 0) is 5.41 Å². The summed E-state index contributed by atoms with van der Waals surface area (Å²) in [5.41, 5.74) is 13.4. The highest BCUT2D eigenvalue weighted by Gasteiger charge is 2.41. The largest absolute Gasteiger partial charge is 0.376 e. The molecular formula is C34H27BN2. The van der Waals surface area contributed by atoms with Crippen molar-refractivity contribution in [1.82, 2.24) is 4.48 Å². The molecule has 0 radical (unpaired) electrons. The second-order valence-electron chi connectivity index (χ2n) is 11.0. The summed E-state index contributed by atoms with van der Waals surface area (Å²) < 4.78 is 2.65. The first-order valence-electron chi connectivity index (χ1n) is 13.1. The van der Waals surface area contributed by atoms with Gasteiger partial charge in [-0.25, -0.2) is 0 Å². The summed E-state index contributed by atoms with van der Waals surface area (Å²) in [5.74, 6) is 0. The van der Waals surface area contributed by atoms with Crippen molar-refractivity contribution in [3.05, 3.63) is 120 Å². The summed E-state index contributed by atoms with van der Waals surface area (Å²) in [6.45, 7) is 4.88. The molecule has 3 heteroatoms. The number of hydrogen-bond donors (Lipinski definition) is 0. The Morgan fingerprint density at radius 3 is 1.97 bits per heavy atom. The maximum absolute atomic E-state index is 2.65. The van der Waals surface area contributed by atoms with Crippen LogP contribution in [0.5, 0.6) is 0 Å². The van der Waals surface area contributed by atoms with Crippen molar-refractivity contribution >= 4 is 51.0 Å². The van der Waals surface area contributed by atoms with Crippen molar-refractivity contribution in [2.24, 2.45) is 0 Å². The third kappa shape index (κ3) is 2.56. The number of para-hydroxylation sites is 3. The quantitative estimate of drug-likeness (QED) is 0.237. The summed E-state index contributed by atoms with van der Waals surface area (Å²) >= 11 is 0. The van der Waals surface area contributed by atoms with Crippen molar-refractivity contribution in [2.45, 2.75) is 19.3 Å². The van der Waals surface area contributed by atoms with Gasteiger partial charge in [0.05, 0.1) is 0 Å². The van der Waals surface area contributed by atoms with E-state index in [0.29, 0.717) is 0 Å². The van der Waals surface area contributed by atoms with Crippen molar-refractivity contribution in [1.29, 1.82) is 0 Å². The fourth-order valence-corrected chi connectivity index (χ4v) is 7.24. The Bertz CT molecular complexity index is 1850. The van der Waals surface area contributed by atoms with Gasteiger partial charge in [0.1, 0.15) is 0 Å². The first kappa shape index (κ1) is 20.9. The van der Waals surface area contributed by atoms with E-state index in [1.165, 1.54) is 66.4 Å². The highest BCUT2D eigenvalue weighted by atomic mass is 15.1. The normalized spacial score (nSPS) is 15.0. The molecule has 2 heterocycles. The second-order valence-corrected chi connectivity index (χ2v) is 11.0. The summed E-state index contributed by atoms with van der Waals surface area (Å²) in [4.78, 5) is 2.35. The molecule has 1 aliphatic heterocycles. The van der Waals surface area contributed by atoms with Gasteiger partial charge < -0.3 is 9.38 Å². The van der Waals surface area contributed by atoms with Gasteiger partial charge >= 0.3 is 6.85 Å². The predicted octanol–water partition coefficient (Wildman–Crippen LogP) is 6.84.